The van der Waals surface area contributed by atoms with Gasteiger partial charge in [-0.1, -0.05) is 26.0 Å². The van der Waals surface area contributed by atoms with Gasteiger partial charge in [0, 0.05) is 6.54 Å². The summed E-state index contributed by atoms with van der Waals surface area (Å²) in [7, 11) is 0. The lowest BCUT2D eigenvalue weighted by atomic mass is 10.2. The Morgan fingerprint density at radius 2 is 2.12 bits per heavy atom. The number of para-hydroxylation sites is 2. The maximum absolute atomic E-state index is 5.62. The Labute approximate surface area is 102 Å². The van der Waals surface area contributed by atoms with Gasteiger partial charge in [0.15, 0.2) is 0 Å². The molecule has 0 aliphatic rings. The van der Waals surface area contributed by atoms with Crippen LogP contribution < -0.4 is 11.1 Å². The number of rotatable bonds is 5. The molecule has 3 nitrogen and oxygen atoms in total. The molecule has 0 aromatic heterocycles. The zero-order chi connectivity index (χ0) is 12.0. The van der Waals surface area contributed by atoms with Gasteiger partial charge in [0.1, 0.15) is 5.84 Å². The number of halogens is 1. The van der Waals surface area contributed by atoms with Crippen LogP contribution in [-0.4, -0.2) is 18.3 Å². The highest BCUT2D eigenvalue weighted by Crippen LogP contribution is 2.24. The van der Waals surface area contributed by atoms with Crippen molar-refractivity contribution in [2.75, 3.05) is 17.7 Å². The van der Waals surface area contributed by atoms with E-state index in [-0.39, 0.29) is 5.88 Å². The van der Waals surface area contributed by atoms with Crippen LogP contribution in [0, 0.1) is 5.92 Å². The van der Waals surface area contributed by atoms with Gasteiger partial charge >= 0.3 is 0 Å². The number of nitrogens with zero attached hydrogens (tertiary/aromatic N) is 1. The van der Waals surface area contributed by atoms with E-state index in [1.54, 1.807) is 0 Å². The van der Waals surface area contributed by atoms with Crippen LogP contribution in [0.3, 0.4) is 0 Å². The van der Waals surface area contributed by atoms with Gasteiger partial charge in [-0.25, -0.2) is 4.99 Å². The second-order valence-electron chi connectivity index (χ2n) is 4.03. The lowest BCUT2D eigenvalue weighted by molar-refractivity contribution is 0.689. The van der Waals surface area contributed by atoms with Crippen molar-refractivity contribution in [2.24, 2.45) is 16.6 Å². The maximum Gasteiger partial charge on any atom is 0.115 e. The summed E-state index contributed by atoms with van der Waals surface area (Å²) in [4.78, 5) is 4.26. The number of anilines is 1. The lowest BCUT2D eigenvalue weighted by Gasteiger charge is -2.11. The molecule has 0 heterocycles. The molecule has 1 rings (SSSR count). The van der Waals surface area contributed by atoms with Crippen molar-refractivity contribution in [3.8, 4) is 0 Å². The minimum absolute atomic E-state index is 0.249. The van der Waals surface area contributed by atoms with Crippen molar-refractivity contribution in [1.29, 1.82) is 0 Å². The molecule has 0 aliphatic heterocycles. The van der Waals surface area contributed by atoms with Crippen LogP contribution >= 0.6 is 11.6 Å². The van der Waals surface area contributed by atoms with Crippen molar-refractivity contribution in [1.82, 2.24) is 0 Å². The number of nitrogens with one attached hydrogen (secondary N) is 1. The van der Waals surface area contributed by atoms with E-state index in [1.165, 1.54) is 0 Å². The zero-order valence-electron chi connectivity index (χ0n) is 9.70. The fraction of sp³-hybridized carbons (Fsp3) is 0.417. The minimum atomic E-state index is 0.249. The third-order valence-corrected chi connectivity index (χ3v) is 2.28. The van der Waals surface area contributed by atoms with Crippen LogP contribution in [0.1, 0.15) is 13.8 Å². The van der Waals surface area contributed by atoms with Gasteiger partial charge in [0.25, 0.3) is 0 Å². The van der Waals surface area contributed by atoms with Crippen LogP contribution in [-0.2, 0) is 0 Å². The fourth-order valence-electron chi connectivity index (χ4n) is 1.22. The van der Waals surface area contributed by atoms with E-state index in [1.807, 2.05) is 24.3 Å². The maximum atomic E-state index is 5.62. The fourth-order valence-corrected chi connectivity index (χ4v) is 1.28. The Kier molecular flexibility index (Phi) is 5.12. The summed E-state index contributed by atoms with van der Waals surface area (Å²) in [6.45, 7) is 5.23. The molecule has 3 N–H and O–H groups in total. The predicted octanol–water partition coefficient (Wildman–Crippen LogP) is 2.98. The Morgan fingerprint density at radius 1 is 1.44 bits per heavy atom. The number of aliphatic imine (C=N–C) groups is 1. The molecule has 0 bridgehead atoms. The third-order valence-electron chi connectivity index (χ3n) is 2.01. The summed E-state index contributed by atoms with van der Waals surface area (Å²) < 4.78 is 0. The van der Waals surface area contributed by atoms with E-state index in [2.05, 4.69) is 24.2 Å². The van der Waals surface area contributed by atoms with Gasteiger partial charge in [0.05, 0.1) is 17.3 Å². The van der Waals surface area contributed by atoms with E-state index >= 15 is 0 Å². The lowest BCUT2D eigenvalue weighted by Crippen LogP contribution is -2.13. The van der Waals surface area contributed by atoms with Crippen molar-refractivity contribution in [3.63, 3.8) is 0 Å². The molecule has 88 valence electrons. The van der Waals surface area contributed by atoms with E-state index < -0.39 is 0 Å². The number of nitrogens with two attached hydrogens (primary N) is 1. The average Bonchev–Trinajstić information content (AvgIpc) is 2.27. The van der Waals surface area contributed by atoms with E-state index in [0.29, 0.717) is 11.8 Å². The molecule has 1 aromatic carbocycles. The molecule has 0 saturated carbocycles. The first kappa shape index (κ1) is 12.8. The molecule has 0 aliphatic carbocycles. The number of alkyl halides is 1. The van der Waals surface area contributed by atoms with Crippen molar-refractivity contribution in [2.45, 2.75) is 13.8 Å². The van der Waals surface area contributed by atoms with Gasteiger partial charge in [-0.15, -0.1) is 11.6 Å². The largest absolute Gasteiger partial charge is 0.386 e. The number of amidine groups is 1. The molecule has 0 radical (unpaired) electrons. The Bertz CT molecular complexity index is 361. The average molecular weight is 240 g/mol. The monoisotopic (exact) mass is 239 g/mol. The second-order valence-corrected chi connectivity index (χ2v) is 4.30. The first-order chi connectivity index (χ1) is 7.63. The molecular formula is C12H18ClN3. The van der Waals surface area contributed by atoms with Crippen LogP contribution in [0.25, 0.3) is 0 Å². The second kappa shape index (κ2) is 6.38. The SMILES string of the molecule is CC(C)CNc1ccccc1N=C(N)CCl. The van der Waals surface area contributed by atoms with Crippen molar-refractivity contribution in [3.05, 3.63) is 24.3 Å². The van der Waals surface area contributed by atoms with E-state index in [9.17, 15) is 0 Å². The smallest absolute Gasteiger partial charge is 0.115 e. The third kappa shape index (κ3) is 4.11. The summed E-state index contributed by atoms with van der Waals surface area (Å²) in [5.74, 6) is 1.27. The molecule has 0 saturated heterocycles. The molecule has 0 amide bonds. The van der Waals surface area contributed by atoms with Crippen LogP contribution in [0.2, 0.25) is 0 Å². The molecule has 0 atom stereocenters. The van der Waals surface area contributed by atoms with Crippen molar-refractivity contribution < 1.29 is 0 Å². The van der Waals surface area contributed by atoms with Gasteiger partial charge < -0.3 is 11.1 Å². The highest BCUT2D eigenvalue weighted by molar-refractivity contribution is 6.28. The normalized spacial score (nSPS) is 11.9. The molecule has 1 aromatic rings. The van der Waals surface area contributed by atoms with Crippen molar-refractivity contribution >= 4 is 28.8 Å². The predicted molar refractivity (Wildman–Crippen MR) is 71.8 cm³/mol. The van der Waals surface area contributed by atoms with E-state index in [0.717, 1.165) is 17.9 Å². The standard InChI is InChI=1S/C12H18ClN3/c1-9(2)8-15-10-5-3-4-6-11(10)16-12(14)7-13/h3-6,9,15H,7-8H2,1-2H3,(H2,14,16). The summed E-state index contributed by atoms with van der Waals surface area (Å²) in [6.07, 6.45) is 0. The van der Waals surface area contributed by atoms with Gasteiger partial charge in [-0.3, -0.25) is 0 Å². The number of hydrogen-bond acceptors (Lipinski definition) is 2. The summed E-state index contributed by atoms with van der Waals surface area (Å²) in [6, 6.07) is 7.81. The highest BCUT2D eigenvalue weighted by Gasteiger charge is 2.01. The first-order valence-corrected chi connectivity index (χ1v) is 5.89. The van der Waals surface area contributed by atoms with Crippen LogP contribution in [0.4, 0.5) is 11.4 Å². The number of benzene rings is 1. The molecule has 0 unspecified atom stereocenters. The summed E-state index contributed by atoms with van der Waals surface area (Å²) in [5, 5.41) is 3.34. The van der Waals surface area contributed by atoms with Gasteiger partial charge in [-0.2, -0.15) is 0 Å². The quantitative estimate of drug-likeness (QED) is 0.472. The summed E-state index contributed by atoms with van der Waals surface area (Å²) in [5.41, 5.74) is 7.44. The van der Waals surface area contributed by atoms with Gasteiger partial charge in [0.2, 0.25) is 0 Å². The topological polar surface area (TPSA) is 50.4 Å². The first-order valence-electron chi connectivity index (χ1n) is 5.35. The molecule has 16 heavy (non-hydrogen) atoms. The Hall–Kier alpha value is -1.22. The summed E-state index contributed by atoms with van der Waals surface area (Å²) >= 11 is 5.61. The highest BCUT2D eigenvalue weighted by atomic mass is 35.5. The van der Waals surface area contributed by atoms with Crippen LogP contribution in [0.15, 0.2) is 29.3 Å². The molecule has 4 heteroatoms. The number of hydrogen-bond donors (Lipinski definition) is 2. The van der Waals surface area contributed by atoms with E-state index in [4.69, 9.17) is 17.3 Å². The van der Waals surface area contributed by atoms with Crippen LogP contribution in [0.5, 0.6) is 0 Å². The zero-order valence-corrected chi connectivity index (χ0v) is 10.5. The van der Waals surface area contributed by atoms with Gasteiger partial charge in [-0.05, 0) is 18.1 Å². The Morgan fingerprint density at radius 3 is 2.75 bits per heavy atom. The Balaban J connectivity index is 2.83. The minimum Gasteiger partial charge on any atom is -0.386 e. The molecular weight excluding hydrogens is 222 g/mol. The molecule has 0 fully saturated rings. The molecule has 0 spiro atoms.